The summed E-state index contributed by atoms with van der Waals surface area (Å²) < 4.78 is 2.75. The molecule has 0 aromatic carbocycles. The molecule has 1 N–H and O–H groups in total. The summed E-state index contributed by atoms with van der Waals surface area (Å²) in [5.74, 6) is -0.0854. The van der Waals surface area contributed by atoms with Gasteiger partial charge in [-0.15, -0.1) is 11.3 Å². The fourth-order valence-electron chi connectivity index (χ4n) is 1.67. The van der Waals surface area contributed by atoms with E-state index in [4.69, 9.17) is 0 Å². The first kappa shape index (κ1) is 13.3. The first-order valence-electron chi connectivity index (χ1n) is 5.66. The summed E-state index contributed by atoms with van der Waals surface area (Å²) in [5.41, 5.74) is 1.47. The molecular formula is C12H14BrN3OS. The van der Waals surface area contributed by atoms with Gasteiger partial charge in [0.2, 0.25) is 0 Å². The number of thiophene rings is 1. The molecule has 6 heteroatoms. The quantitative estimate of drug-likeness (QED) is 0.938. The van der Waals surface area contributed by atoms with E-state index >= 15 is 0 Å². The van der Waals surface area contributed by atoms with E-state index in [9.17, 15) is 4.79 Å². The van der Waals surface area contributed by atoms with Crippen LogP contribution in [-0.2, 0) is 13.1 Å². The number of nitrogens with one attached hydrogen (secondary N) is 1. The maximum atomic E-state index is 12.1. The first-order valence-corrected chi connectivity index (χ1v) is 7.33. The van der Waals surface area contributed by atoms with Gasteiger partial charge in [-0.3, -0.25) is 9.48 Å². The first-order chi connectivity index (χ1) is 8.61. The molecule has 0 bridgehead atoms. The third kappa shape index (κ3) is 2.81. The molecule has 18 heavy (non-hydrogen) atoms. The van der Waals surface area contributed by atoms with Gasteiger partial charge >= 0.3 is 0 Å². The third-order valence-electron chi connectivity index (χ3n) is 2.53. The normalized spacial score (nSPS) is 10.6. The summed E-state index contributed by atoms with van der Waals surface area (Å²) in [4.78, 5) is 13.2. The molecule has 2 aromatic rings. The molecule has 0 saturated heterocycles. The van der Waals surface area contributed by atoms with E-state index in [1.165, 1.54) is 0 Å². The zero-order valence-corrected chi connectivity index (χ0v) is 12.6. The van der Waals surface area contributed by atoms with E-state index in [0.717, 1.165) is 15.0 Å². The Balaban J connectivity index is 2.06. The molecule has 0 radical (unpaired) electrons. The van der Waals surface area contributed by atoms with Crippen molar-refractivity contribution in [1.82, 2.24) is 15.1 Å². The fraction of sp³-hybridized carbons (Fsp3) is 0.333. The van der Waals surface area contributed by atoms with E-state index < -0.39 is 0 Å². The second kappa shape index (κ2) is 5.67. The Morgan fingerprint density at radius 3 is 3.00 bits per heavy atom. The number of carbonyl (C=O) groups excluding carboxylic acids is 1. The predicted octanol–water partition coefficient (Wildman–Crippen LogP) is 2.97. The highest BCUT2D eigenvalue weighted by molar-refractivity contribution is 9.10. The van der Waals surface area contributed by atoms with Crippen molar-refractivity contribution >= 4 is 33.2 Å². The van der Waals surface area contributed by atoms with Gasteiger partial charge in [0.25, 0.3) is 5.91 Å². The average molecular weight is 328 g/mol. The van der Waals surface area contributed by atoms with Crippen LogP contribution in [0.1, 0.15) is 28.0 Å². The van der Waals surface area contributed by atoms with Crippen LogP contribution < -0.4 is 5.32 Å². The summed E-state index contributed by atoms with van der Waals surface area (Å²) in [6, 6.07) is 3.79. The summed E-state index contributed by atoms with van der Waals surface area (Å²) >= 11 is 5.06. The highest BCUT2D eigenvalue weighted by Crippen LogP contribution is 2.22. The Labute approximate surface area is 118 Å². The lowest BCUT2D eigenvalue weighted by Crippen LogP contribution is -2.25. The summed E-state index contributed by atoms with van der Waals surface area (Å²) in [6.07, 6.45) is 0. The van der Waals surface area contributed by atoms with Gasteiger partial charge in [-0.25, -0.2) is 0 Å². The van der Waals surface area contributed by atoms with Crippen molar-refractivity contribution in [2.45, 2.75) is 26.9 Å². The largest absolute Gasteiger partial charge is 0.346 e. The minimum Gasteiger partial charge on any atom is -0.346 e. The molecule has 0 unspecified atom stereocenters. The van der Waals surface area contributed by atoms with Crippen LogP contribution in [0.3, 0.4) is 0 Å². The molecule has 0 aliphatic heterocycles. The number of amides is 1. The molecule has 96 valence electrons. The van der Waals surface area contributed by atoms with E-state index in [2.05, 4.69) is 26.3 Å². The fourth-order valence-corrected chi connectivity index (χ4v) is 3.10. The lowest BCUT2D eigenvalue weighted by atomic mass is 10.3. The number of halogens is 1. The number of aryl methyl sites for hydroxylation is 2. The van der Waals surface area contributed by atoms with E-state index in [-0.39, 0.29) is 5.91 Å². The van der Waals surface area contributed by atoms with Crippen molar-refractivity contribution in [2.75, 3.05) is 0 Å². The van der Waals surface area contributed by atoms with Crippen molar-refractivity contribution in [3.05, 3.63) is 38.3 Å². The molecule has 0 aliphatic rings. The lowest BCUT2D eigenvalue weighted by molar-refractivity contribution is 0.0940. The van der Waals surface area contributed by atoms with Gasteiger partial charge in [0, 0.05) is 15.9 Å². The number of hydrogen-bond donors (Lipinski definition) is 1. The van der Waals surface area contributed by atoms with Crippen molar-refractivity contribution in [1.29, 1.82) is 0 Å². The molecule has 2 heterocycles. The molecule has 2 aromatic heterocycles. The second-order valence-electron chi connectivity index (χ2n) is 3.86. The van der Waals surface area contributed by atoms with Crippen LogP contribution in [0.15, 0.2) is 22.0 Å². The zero-order chi connectivity index (χ0) is 13.1. The smallest absolute Gasteiger partial charge is 0.269 e. The van der Waals surface area contributed by atoms with Crippen LogP contribution >= 0.6 is 27.3 Å². The third-order valence-corrected chi connectivity index (χ3v) is 4.46. The maximum absolute atomic E-state index is 12.1. The summed E-state index contributed by atoms with van der Waals surface area (Å²) in [5, 5.41) is 9.16. The predicted molar refractivity (Wildman–Crippen MR) is 75.8 cm³/mol. The van der Waals surface area contributed by atoms with Crippen LogP contribution in [-0.4, -0.2) is 15.7 Å². The van der Waals surface area contributed by atoms with Gasteiger partial charge in [-0.2, -0.15) is 5.10 Å². The Morgan fingerprint density at radius 2 is 2.39 bits per heavy atom. The van der Waals surface area contributed by atoms with E-state index in [1.807, 2.05) is 31.4 Å². The van der Waals surface area contributed by atoms with Gasteiger partial charge < -0.3 is 5.32 Å². The average Bonchev–Trinajstić information content (AvgIpc) is 2.92. The standard InChI is InChI=1S/C12H14BrN3OS/c1-3-16-10(6-8(2)15-16)12(17)14-7-11-9(13)4-5-18-11/h4-6H,3,7H2,1-2H3,(H,14,17). The summed E-state index contributed by atoms with van der Waals surface area (Å²) in [6.45, 7) is 5.09. The molecule has 2 rings (SSSR count). The maximum Gasteiger partial charge on any atom is 0.269 e. The molecule has 4 nitrogen and oxygen atoms in total. The number of hydrogen-bond acceptors (Lipinski definition) is 3. The highest BCUT2D eigenvalue weighted by Gasteiger charge is 2.13. The van der Waals surface area contributed by atoms with Gasteiger partial charge in [0.15, 0.2) is 0 Å². The lowest BCUT2D eigenvalue weighted by Gasteiger charge is -2.05. The minimum absolute atomic E-state index is 0.0854. The number of carbonyl (C=O) groups is 1. The Hall–Kier alpha value is -1.14. The molecule has 0 atom stereocenters. The van der Waals surface area contributed by atoms with E-state index in [1.54, 1.807) is 16.0 Å². The summed E-state index contributed by atoms with van der Waals surface area (Å²) in [7, 11) is 0. The SMILES string of the molecule is CCn1nc(C)cc1C(=O)NCc1sccc1Br. The molecule has 0 saturated carbocycles. The van der Waals surface area contributed by atoms with Gasteiger partial charge in [0.05, 0.1) is 12.2 Å². The number of rotatable bonds is 4. The van der Waals surface area contributed by atoms with Crippen molar-refractivity contribution in [2.24, 2.45) is 0 Å². The second-order valence-corrected chi connectivity index (χ2v) is 5.72. The molecule has 0 fully saturated rings. The zero-order valence-electron chi connectivity index (χ0n) is 10.2. The van der Waals surface area contributed by atoms with Crippen LogP contribution in [0.25, 0.3) is 0 Å². The Kier molecular flexibility index (Phi) is 4.19. The van der Waals surface area contributed by atoms with Crippen LogP contribution in [0.2, 0.25) is 0 Å². The Morgan fingerprint density at radius 1 is 1.61 bits per heavy atom. The number of nitrogens with zero attached hydrogens (tertiary/aromatic N) is 2. The number of aromatic nitrogens is 2. The Bertz CT molecular complexity index is 561. The van der Waals surface area contributed by atoms with Crippen molar-refractivity contribution in [3.8, 4) is 0 Å². The molecule has 0 spiro atoms. The molecular weight excluding hydrogens is 314 g/mol. The van der Waals surface area contributed by atoms with Crippen LogP contribution in [0, 0.1) is 6.92 Å². The van der Waals surface area contributed by atoms with E-state index in [0.29, 0.717) is 18.8 Å². The van der Waals surface area contributed by atoms with Crippen molar-refractivity contribution < 1.29 is 4.79 Å². The van der Waals surface area contributed by atoms with Crippen LogP contribution in [0.5, 0.6) is 0 Å². The molecule has 1 amide bonds. The minimum atomic E-state index is -0.0854. The topological polar surface area (TPSA) is 46.9 Å². The highest BCUT2D eigenvalue weighted by atomic mass is 79.9. The van der Waals surface area contributed by atoms with Gasteiger partial charge in [-0.1, -0.05) is 0 Å². The van der Waals surface area contributed by atoms with Crippen molar-refractivity contribution in [3.63, 3.8) is 0 Å². The molecule has 0 aliphatic carbocycles. The van der Waals surface area contributed by atoms with Gasteiger partial charge in [0.1, 0.15) is 5.69 Å². The monoisotopic (exact) mass is 327 g/mol. The van der Waals surface area contributed by atoms with Crippen LogP contribution in [0.4, 0.5) is 0 Å². The van der Waals surface area contributed by atoms with Gasteiger partial charge in [-0.05, 0) is 47.3 Å².